The van der Waals surface area contributed by atoms with Gasteiger partial charge in [-0.1, -0.05) is 24.8 Å². The number of aromatic nitrogens is 2. The molecular weight excluding hydrogens is 262 g/mol. The van der Waals surface area contributed by atoms with Crippen LogP contribution in [0.25, 0.3) is 6.08 Å². The van der Waals surface area contributed by atoms with Gasteiger partial charge in [0.1, 0.15) is 0 Å². The van der Waals surface area contributed by atoms with Gasteiger partial charge in [0.2, 0.25) is 0 Å². The summed E-state index contributed by atoms with van der Waals surface area (Å²) in [6.07, 6.45) is 12.1. The van der Waals surface area contributed by atoms with E-state index in [0.29, 0.717) is 12.1 Å². The fourth-order valence-electron chi connectivity index (χ4n) is 3.43. The predicted octanol–water partition coefficient (Wildman–Crippen LogP) is 3.17. The number of rotatable bonds is 4. The van der Waals surface area contributed by atoms with E-state index in [1.807, 2.05) is 0 Å². The van der Waals surface area contributed by atoms with E-state index in [2.05, 4.69) is 35.3 Å². The number of hydrogen-bond donors (Lipinski definition) is 1. The van der Waals surface area contributed by atoms with Gasteiger partial charge in [0.25, 0.3) is 0 Å². The van der Waals surface area contributed by atoms with Crippen LogP contribution in [0.15, 0.2) is 17.8 Å². The largest absolute Gasteiger partial charge is 0.379 e. The zero-order valence-electron chi connectivity index (χ0n) is 13.1. The van der Waals surface area contributed by atoms with E-state index >= 15 is 0 Å². The molecule has 1 aliphatic carbocycles. The van der Waals surface area contributed by atoms with Gasteiger partial charge in [-0.15, -0.1) is 0 Å². The van der Waals surface area contributed by atoms with Crippen molar-refractivity contribution in [2.45, 2.75) is 57.5 Å². The van der Waals surface area contributed by atoms with Gasteiger partial charge in [0.15, 0.2) is 0 Å². The highest BCUT2D eigenvalue weighted by molar-refractivity contribution is 5.47. The molecule has 1 aromatic rings. The summed E-state index contributed by atoms with van der Waals surface area (Å²) in [5, 5.41) is 8.26. The number of morpholine rings is 1. The standard InChI is InChI=1S/C17H27N3O/c1-14(12-16-13-21-10-8-18-16)11-15-7-9-20(19-15)17-5-3-2-4-6-17/h7,9,11,16-18H,2-6,8,10,12-13H2,1H3/b14-11-. The van der Waals surface area contributed by atoms with Crippen LogP contribution in [-0.2, 0) is 4.74 Å². The fourth-order valence-corrected chi connectivity index (χ4v) is 3.43. The van der Waals surface area contributed by atoms with Crippen molar-refractivity contribution in [3.63, 3.8) is 0 Å². The van der Waals surface area contributed by atoms with Gasteiger partial charge < -0.3 is 10.1 Å². The predicted molar refractivity (Wildman–Crippen MR) is 85.2 cm³/mol. The van der Waals surface area contributed by atoms with Crippen molar-refractivity contribution in [3.8, 4) is 0 Å². The second kappa shape index (κ2) is 7.23. The minimum Gasteiger partial charge on any atom is -0.379 e. The Kier molecular flexibility index (Phi) is 5.09. The zero-order valence-corrected chi connectivity index (χ0v) is 13.1. The van der Waals surface area contributed by atoms with E-state index in [-0.39, 0.29) is 0 Å². The Morgan fingerprint density at radius 2 is 2.29 bits per heavy atom. The van der Waals surface area contributed by atoms with Gasteiger partial charge in [-0.05, 0) is 38.3 Å². The normalized spacial score (nSPS) is 25.2. The lowest BCUT2D eigenvalue weighted by Gasteiger charge is -2.24. The molecular formula is C17H27N3O. The molecule has 2 fully saturated rings. The molecule has 0 aromatic carbocycles. The molecule has 0 radical (unpaired) electrons. The first-order chi connectivity index (χ1) is 10.3. The third-order valence-corrected chi connectivity index (χ3v) is 4.54. The second-order valence-corrected chi connectivity index (χ2v) is 6.43. The first kappa shape index (κ1) is 14.8. The summed E-state index contributed by atoms with van der Waals surface area (Å²) < 4.78 is 7.69. The first-order valence-corrected chi connectivity index (χ1v) is 8.35. The maximum absolute atomic E-state index is 5.51. The van der Waals surface area contributed by atoms with E-state index in [4.69, 9.17) is 9.84 Å². The molecule has 0 bridgehead atoms. The third-order valence-electron chi connectivity index (χ3n) is 4.54. The molecule has 1 N–H and O–H groups in total. The van der Waals surface area contributed by atoms with Crippen LogP contribution in [0, 0.1) is 0 Å². The highest BCUT2D eigenvalue weighted by atomic mass is 16.5. The second-order valence-electron chi connectivity index (χ2n) is 6.43. The SMILES string of the molecule is C/C(=C/c1ccn(C2CCCCC2)n1)CC1COCCN1. The lowest BCUT2D eigenvalue weighted by atomic mass is 9.96. The molecule has 1 saturated heterocycles. The van der Waals surface area contributed by atoms with E-state index in [9.17, 15) is 0 Å². The van der Waals surface area contributed by atoms with Crippen molar-refractivity contribution < 1.29 is 4.74 Å². The van der Waals surface area contributed by atoms with Gasteiger partial charge in [-0.3, -0.25) is 4.68 Å². The molecule has 4 heteroatoms. The minimum absolute atomic E-state index is 0.454. The van der Waals surface area contributed by atoms with Crippen molar-refractivity contribution >= 4 is 6.08 Å². The molecule has 1 aliphatic heterocycles. The zero-order chi connectivity index (χ0) is 14.5. The van der Waals surface area contributed by atoms with Crippen molar-refractivity contribution in [2.75, 3.05) is 19.8 Å². The molecule has 1 saturated carbocycles. The average molecular weight is 289 g/mol. The Bertz CT molecular complexity index is 468. The number of hydrogen-bond acceptors (Lipinski definition) is 3. The van der Waals surface area contributed by atoms with Crippen molar-refractivity contribution in [1.82, 2.24) is 15.1 Å². The third kappa shape index (κ3) is 4.17. The van der Waals surface area contributed by atoms with Crippen LogP contribution in [0.5, 0.6) is 0 Å². The number of ether oxygens (including phenoxy) is 1. The van der Waals surface area contributed by atoms with Gasteiger partial charge in [-0.2, -0.15) is 5.10 Å². The molecule has 4 nitrogen and oxygen atoms in total. The highest BCUT2D eigenvalue weighted by Crippen LogP contribution is 2.27. The molecule has 2 aliphatic rings. The number of nitrogens with zero attached hydrogens (tertiary/aromatic N) is 2. The first-order valence-electron chi connectivity index (χ1n) is 8.35. The molecule has 116 valence electrons. The molecule has 0 amide bonds. The van der Waals surface area contributed by atoms with Crippen LogP contribution < -0.4 is 5.32 Å². The van der Waals surface area contributed by atoms with E-state index in [1.54, 1.807) is 0 Å². The highest BCUT2D eigenvalue weighted by Gasteiger charge is 2.16. The van der Waals surface area contributed by atoms with Crippen LogP contribution in [0.2, 0.25) is 0 Å². The van der Waals surface area contributed by atoms with Crippen LogP contribution in [0.3, 0.4) is 0 Å². The Morgan fingerprint density at radius 3 is 3.05 bits per heavy atom. The molecule has 21 heavy (non-hydrogen) atoms. The van der Waals surface area contributed by atoms with Crippen LogP contribution in [-0.4, -0.2) is 35.6 Å². The topological polar surface area (TPSA) is 39.1 Å². The summed E-state index contributed by atoms with van der Waals surface area (Å²) in [5.41, 5.74) is 2.46. The summed E-state index contributed by atoms with van der Waals surface area (Å²) in [6, 6.07) is 3.22. The quantitative estimate of drug-likeness (QED) is 0.925. The Balaban J connectivity index is 1.58. The maximum Gasteiger partial charge on any atom is 0.0850 e. The van der Waals surface area contributed by atoms with Gasteiger partial charge in [0.05, 0.1) is 24.9 Å². The van der Waals surface area contributed by atoms with Crippen LogP contribution >= 0.6 is 0 Å². The summed E-state index contributed by atoms with van der Waals surface area (Å²) >= 11 is 0. The van der Waals surface area contributed by atoms with E-state index < -0.39 is 0 Å². The summed E-state index contributed by atoms with van der Waals surface area (Å²) in [6.45, 7) is 4.82. The summed E-state index contributed by atoms with van der Waals surface area (Å²) in [7, 11) is 0. The molecule has 1 unspecified atom stereocenters. The van der Waals surface area contributed by atoms with Crippen molar-refractivity contribution in [2.24, 2.45) is 0 Å². The Labute approximate surface area is 127 Å². The Morgan fingerprint density at radius 1 is 1.43 bits per heavy atom. The minimum atomic E-state index is 0.454. The van der Waals surface area contributed by atoms with Crippen molar-refractivity contribution in [1.29, 1.82) is 0 Å². The molecule has 1 aromatic heterocycles. The monoisotopic (exact) mass is 289 g/mol. The smallest absolute Gasteiger partial charge is 0.0850 e. The summed E-state index contributed by atoms with van der Waals surface area (Å²) in [4.78, 5) is 0. The molecule has 2 heterocycles. The summed E-state index contributed by atoms with van der Waals surface area (Å²) in [5.74, 6) is 0. The molecule has 3 rings (SSSR count). The lowest BCUT2D eigenvalue weighted by Crippen LogP contribution is -2.41. The fraction of sp³-hybridized carbons (Fsp3) is 0.706. The van der Waals surface area contributed by atoms with Gasteiger partial charge in [-0.25, -0.2) is 0 Å². The Hall–Kier alpha value is -1.13. The maximum atomic E-state index is 5.51. The van der Waals surface area contributed by atoms with Crippen LogP contribution in [0.1, 0.15) is 57.2 Å². The van der Waals surface area contributed by atoms with Crippen LogP contribution in [0.4, 0.5) is 0 Å². The lowest BCUT2D eigenvalue weighted by molar-refractivity contribution is 0.0771. The molecule has 0 spiro atoms. The molecule has 1 atom stereocenters. The van der Waals surface area contributed by atoms with E-state index in [1.165, 1.54) is 37.7 Å². The van der Waals surface area contributed by atoms with Gasteiger partial charge in [0, 0.05) is 18.8 Å². The average Bonchev–Trinajstić information content (AvgIpc) is 2.97. The van der Waals surface area contributed by atoms with Gasteiger partial charge >= 0.3 is 0 Å². The number of nitrogens with one attached hydrogen (secondary N) is 1. The van der Waals surface area contributed by atoms with Crippen molar-refractivity contribution in [3.05, 3.63) is 23.5 Å². The van der Waals surface area contributed by atoms with E-state index in [0.717, 1.165) is 31.9 Å².